The maximum absolute atomic E-state index is 12.7. The number of hydrogen-bond donors (Lipinski definition) is 1. The fourth-order valence-corrected chi connectivity index (χ4v) is 4.20. The number of aliphatic hydroxyl groups excluding tert-OH is 1. The van der Waals surface area contributed by atoms with Crippen molar-refractivity contribution in [2.45, 2.75) is 63.9 Å². The van der Waals surface area contributed by atoms with Crippen molar-refractivity contribution in [3.63, 3.8) is 0 Å². The van der Waals surface area contributed by atoms with Crippen molar-refractivity contribution < 1.29 is 19.4 Å². The number of rotatable bonds is 6. The molecule has 2 aliphatic heterocycles. The molecule has 3 rings (SSSR count). The second-order valence-corrected chi connectivity index (χ2v) is 7.07. The Kier molecular flexibility index (Phi) is 5.94. The van der Waals surface area contributed by atoms with Crippen LogP contribution < -0.4 is 0 Å². The van der Waals surface area contributed by atoms with Crippen LogP contribution in [0.15, 0.2) is 30.3 Å². The zero-order valence-electron chi connectivity index (χ0n) is 15.5. The van der Waals surface area contributed by atoms with E-state index in [4.69, 9.17) is 4.74 Å². The Bertz CT molecular complexity index is 636. The van der Waals surface area contributed by atoms with E-state index in [0.717, 1.165) is 18.4 Å². The standard InChI is InChI=1S/C20H28N2O4/c1-3-26-20(25)17(12-11-15-8-5-4-6-9-15)22-14(2)18(23)21-13-7-10-16(21)19(22)24/h4-6,8-9,14,16-17,19,24H,3,7,10-13H2,1-2H3/t14-,16?,17-,19?/m0/s1. The maximum Gasteiger partial charge on any atom is 0.323 e. The summed E-state index contributed by atoms with van der Waals surface area (Å²) in [7, 11) is 0. The van der Waals surface area contributed by atoms with E-state index in [1.807, 2.05) is 30.3 Å². The smallest absolute Gasteiger partial charge is 0.323 e. The maximum atomic E-state index is 12.7. The molecule has 6 heteroatoms. The lowest BCUT2D eigenvalue weighted by Crippen LogP contribution is -2.67. The van der Waals surface area contributed by atoms with E-state index in [1.54, 1.807) is 23.6 Å². The fourth-order valence-electron chi connectivity index (χ4n) is 4.20. The molecule has 1 aromatic rings. The molecule has 2 aliphatic rings. The minimum absolute atomic E-state index is 0.00758. The Morgan fingerprint density at radius 2 is 2.08 bits per heavy atom. The van der Waals surface area contributed by atoms with Crippen LogP contribution in [0, 0.1) is 0 Å². The summed E-state index contributed by atoms with van der Waals surface area (Å²) in [5.74, 6) is -0.375. The van der Waals surface area contributed by atoms with E-state index in [-0.39, 0.29) is 24.5 Å². The lowest BCUT2D eigenvalue weighted by Gasteiger charge is -2.47. The highest BCUT2D eigenvalue weighted by molar-refractivity contribution is 5.85. The van der Waals surface area contributed by atoms with Gasteiger partial charge in [0.15, 0.2) is 0 Å². The van der Waals surface area contributed by atoms with Crippen LogP contribution in [0.5, 0.6) is 0 Å². The summed E-state index contributed by atoms with van der Waals surface area (Å²) < 4.78 is 5.27. The highest BCUT2D eigenvalue weighted by Gasteiger charge is 2.50. The van der Waals surface area contributed by atoms with Gasteiger partial charge in [-0.15, -0.1) is 0 Å². The molecule has 4 atom stereocenters. The highest BCUT2D eigenvalue weighted by Crippen LogP contribution is 2.32. The predicted molar refractivity (Wildman–Crippen MR) is 97.2 cm³/mol. The van der Waals surface area contributed by atoms with Gasteiger partial charge >= 0.3 is 5.97 Å². The third kappa shape index (κ3) is 3.62. The largest absolute Gasteiger partial charge is 0.465 e. The molecule has 2 saturated heterocycles. The number of ether oxygens (including phenoxy) is 1. The molecule has 0 bridgehead atoms. The summed E-state index contributed by atoms with van der Waals surface area (Å²) in [4.78, 5) is 28.8. The number of amides is 1. The average Bonchev–Trinajstić information content (AvgIpc) is 3.14. The summed E-state index contributed by atoms with van der Waals surface area (Å²) in [6, 6.07) is 8.52. The van der Waals surface area contributed by atoms with Gasteiger partial charge in [0.25, 0.3) is 0 Å². The Morgan fingerprint density at radius 1 is 1.35 bits per heavy atom. The van der Waals surface area contributed by atoms with Crippen LogP contribution in [-0.4, -0.2) is 64.3 Å². The summed E-state index contributed by atoms with van der Waals surface area (Å²) >= 11 is 0. The lowest BCUT2D eigenvalue weighted by atomic mass is 9.98. The quantitative estimate of drug-likeness (QED) is 0.780. The van der Waals surface area contributed by atoms with Crippen LogP contribution in [-0.2, 0) is 20.7 Å². The second-order valence-electron chi connectivity index (χ2n) is 7.07. The molecule has 1 aromatic carbocycles. The molecular weight excluding hydrogens is 332 g/mol. The number of piperazine rings is 1. The SMILES string of the molecule is CCOC(=O)[C@H](CCc1ccccc1)N1C(O)C2CCCN2C(=O)[C@@H]1C. The normalized spacial score (nSPS) is 27.3. The number of hydrogen-bond acceptors (Lipinski definition) is 5. The summed E-state index contributed by atoms with van der Waals surface area (Å²) in [6.45, 7) is 4.51. The van der Waals surface area contributed by atoms with Gasteiger partial charge in [-0.05, 0) is 45.1 Å². The minimum atomic E-state index is -0.838. The van der Waals surface area contributed by atoms with Gasteiger partial charge in [0.1, 0.15) is 12.3 Å². The van der Waals surface area contributed by atoms with Crippen LogP contribution in [0.3, 0.4) is 0 Å². The summed E-state index contributed by atoms with van der Waals surface area (Å²) in [6.07, 6.45) is 2.01. The lowest BCUT2D eigenvalue weighted by molar-refractivity contribution is -0.180. The number of fused-ring (bicyclic) bond motifs is 1. The molecule has 1 amide bonds. The van der Waals surface area contributed by atoms with Crippen LogP contribution in [0.2, 0.25) is 0 Å². The van der Waals surface area contributed by atoms with Gasteiger partial charge in [-0.3, -0.25) is 14.5 Å². The van der Waals surface area contributed by atoms with E-state index in [1.165, 1.54) is 0 Å². The van der Waals surface area contributed by atoms with Crippen molar-refractivity contribution >= 4 is 11.9 Å². The molecule has 2 unspecified atom stereocenters. The van der Waals surface area contributed by atoms with Crippen molar-refractivity contribution in [3.05, 3.63) is 35.9 Å². The fraction of sp³-hybridized carbons (Fsp3) is 0.600. The molecule has 142 valence electrons. The Balaban J connectivity index is 1.82. The van der Waals surface area contributed by atoms with Gasteiger partial charge in [0.05, 0.1) is 18.7 Å². The predicted octanol–water partition coefficient (Wildman–Crippen LogP) is 1.56. The van der Waals surface area contributed by atoms with E-state index in [2.05, 4.69) is 0 Å². The van der Waals surface area contributed by atoms with Gasteiger partial charge in [-0.1, -0.05) is 30.3 Å². The molecule has 0 saturated carbocycles. The first kappa shape index (κ1) is 18.9. The summed E-state index contributed by atoms with van der Waals surface area (Å²) in [5, 5.41) is 10.9. The number of carbonyl (C=O) groups excluding carboxylic acids is 2. The Morgan fingerprint density at radius 3 is 2.77 bits per heavy atom. The molecule has 1 N–H and O–H groups in total. The van der Waals surface area contributed by atoms with E-state index in [9.17, 15) is 14.7 Å². The third-order valence-corrected chi connectivity index (χ3v) is 5.50. The van der Waals surface area contributed by atoms with Crippen LogP contribution >= 0.6 is 0 Å². The number of benzene rings is 1. The first-order valence-electron chi connectivity index (χ1n) is 9.51. The van der Waals surface area contributed by atoms with Gasteiger partial charge < -0.3 is 14.7 Å². The number of nitrogens with zero attached hydrogens (tertiary/aromatic N) is 2. The second kappa shape index (κ2) is 8.18. The van der Waals surface area contributed by atoms with Crippen molar-refractivity contribution in [2.24, 2.45) is 0 Å². The molecule has 2 fully saturated rings. The molecule has 0 aliphatic carbocycles. The molecule has 0 radical (unpaired) electrons. The number of aryl methyl sites for hydroxylation is 1. The number of carbonyl (C=O) groups is 2. The number of esters is 1. The van der Waals surface area contributed by atoms with Crippen LogP contribution in [0.4, 0.5) is 0 Å². The average molecular weight is 360 g/mol. The molecule has 26 heavy (non-hydrogen) atoms. The van der Waals surface area contributed by atoms with E-state index in [0.29, 0.717) is 19.4 Å². The minimum Gasteiger partial charge on any atom is -0.465 e. The van der Waals surface area contributed by atoms with Gasteiger partial charge in [0, 0.05) is 6.54 Å². The molecule has 0 spiro atoms. The van der Waals surface area contributed by atoms with Crippen molar-refractivity contribution in [1.29, 1.82) is 0 Å². The first-order chi connectivity index (χ1) is 12.5. The van der Waals surface area contributed by atoms with Crippen LogP contribution in [0.1, 0.15) is 38.7 Å². The van der Waals surface area contributed by atoms with Crippen molar-refractivity contribution in [1.82, 2.24) is 9.80 Å². The zero-order valence-corrected chi connectivity index (χ0v) is 15.5. The molecular formula is C20H28N2O4. The summed E-state index contributed by atoms with van der Waals surface area (Å²) in [5.41, 5.74) is 1.12. The van der Waals surface area contributed by atoms with E-state index >= 15 is 0 Å². The Labute approximate surface area is 154 Å². The number of aliphatic hydroxyl groups is 1. The third-order valence-electron chi connectivity index (χ3n) is 5.50. The first-order valence-corrected chi connectivity index (χ1v) is 9.51. The highest BCUT2D eigenvalue weighted by atomic mass is 16.5. The Hall–Kier alpha value is -1.92. The van der Waals surface area contributed by atoms with Gasteiger partial charge in [0.2, 0.25) is 5.91 Å². The topological polar surface area (TPSA) is 70.1 Å². The zero-order chi connectivity index (χ0) is 18.7. The van der Waals surface area contributed by atoms with Gasteiger partial charge in [-0.25, -0.2) is 0 Å². The van der Waals surface area contributed by atoms with Crippen molar-refractivity contribution in [2.75, 3.05) is 13.2 Å². The van der Waals surface area contributed by atoms with Gasteiger partial charge in [-0.2, -0.15) is 0 Å². The molecule has 2 heterocycles. The van der Waals surface area contributed by atoms with Crippen LogP contribution in [0.25, 0.3) is 0 Å². The van der Waals surface area contributed by atoms with Crippen molar-refractivity contribution in [3.8, 4) is 0 Å². The van der Waals surface area contributed by atoms with E-state index < -0.39 is 18.3 Å². The molecule has 0 aromatic heterocycles. The monoisotopic (exact) mass is 360 g/mol. The molecule has 6 nitrogen and oxygen atoms in total.